The molecule has 0 aliphatic rings. The van der Waals surface area contributed by atoms with Crippen molar-refractivity contribution in [1.29, 1.82) is 0 Å². The van der Waals surface area contributed by atoms with Crippen molar-refractivity contribution in [2.24, 2.45) is 0 Å². The Morgan fingerprint density at radius 3 is 2.44 bits per heavy atom. The first kappa shape index (κ1) is 19.1. The normalized spacial score (nSPS) is 10.9. The summed E-state index contributed by atoms with van der Waals surface area (Å²) in [6.07, 6.45) is 0.790. The van der Waals surface area contributed by atoms with Gasteiger partial charge in [-0.2, -0.15) is 0 Å². The van der Waals surface area contributed by atoms with Crippen molar-refractivity contribution in [1.82, 2.24) is 4.98 Å². The molecule has 0 radical (unpaired) electrons. The highest BCUT2D eigenvalue weighted by Gasteiger charge is 2.16. The molecule has 0 saturated heterocycles. The number of rotatable bonds is 3. The Labute approximate surface area is 158 Å². The topological polar surface area (TPSA) is 80.3 Å². The van der Waals surface area contributed by atoms with Gasteiger partial charge in [-0.25, -0.2) is 14.2 Å². The zero-order valence-corrected chi connectivity index (χ0v) is 16.0. The van der Waals surface area contributed by atoms with Crippen molar-refractivity contribution >= 4 is 46.1 Å². The van der Waals surface area contributed by atoms with Crippen LogP contribution >= 0.6 is 22.6 Å². The number of nitrogens with one attached hydrogen (secondary N) is 2. The van der Waals surface area contributed by atoms with Crippen LogP contribution in [0.4, 0.5) is 20.7 Å². The quantitative estimate of drug-likeness (QED) is 0.669. The molecule has 2 amide bonds. The summed E-state index contributed by atoms with van der Waals surface area (Å²) in [7, 11) is 0. The molecular weight excluding hydrogens is 440 g/mol. The van der Waals surface area contributed by atoms with Crippen LogP contribution in [-0.4, -0.2) is 22.6 Å². The maximum atomic E-state index is 13.1. The van der Waals surface area contributed by atoms with Crippen LogP contribution in [0.3, 0.4) is 0 Å². The minimum Gasteiger partial charge on any atom is -0.444 e. The van der Waals surface area contributed by atoms with Crippen molar-refractivity contribution in [2.75, 3.05) is 10.6 Å². The molecule has 0 bridgehead atoms. The molecule has 25 heavy (non-hydrogen) atoms. The van der Waals surface area contributed by atoms with Gasteiger partial charge in [-0.1, -0.05) is 0 Å². The molecule has 6 nitrogen and oxygen atoms in total. The minimum absolute atomic E-state index is 0.295. The number of benzene rings is 1. The number of hydrogen-bond donors (Lipinski definition) is 2. The number of halogens is 2. The molecule has 2 aromatic rings. The van der Waals surface area contributed by atoms with E-state index in [1.807, 2.05) is 22.6 Å². The van der Waals surface area contributed by atoms with Crippen LogP contribution in [-0.2, 0) is 4.74 Å². The molecule has 1 aromatic carbocycles. The van der Waals surface area contributed by atoms with Crippen molar-refractivity contribution in [3.63, 3.8) is 0 Å². The molecule has 0 fully saturated rings. The number of hydrogen-bond acceptors (Lipinski definition) is 4. The number of anilines is 2. The highest BCUT2D eigenvalue weighted by Crippen LogP contribution is 2.17. The summed E-state index contributed by atoms with van der Waals surface area (Å²) in [5.41, 5.74) is 0.197. The lowest BCUT2D eigenvalue weighted by Crippen LogP contribution is -2.27. The first-order valence-electron chi connectivity index (χ1n) is 7.36. The number of ether oxygens (including phenoxy) is 1. The van der Waals surface area contributed by atoms with E-state index in [0.717, 1.165) is 0 Å². The molecule has 2 rings (SSSR count). The van der Waals surface area contributed by atoms with Crippen LogP contribution in [0.15, 0.2) is 36.5 Å². The van der Waals surface area contributed by atoms with E-state index in [1.165, 1.54) is 30.5 Å². The van der Waals surface area contributed by atoms with Gasteiger partial charge in [0.25, 0.3) is 5.91 Å². The first-order valence-corrected chi connectivity index (χ1v) is 8.44. The molecular formula is C17H17FIN3O3. The van der Waals surface area contributed by atoms with Gasteiger partial charge in [0.15, 0.2) is 0 Å². The third-order valence-corrected chi connectivity index (χ3v) is 3.72. The number of carbonyl (C=O) groups is 2. The van der Waals surface area contributed by atoms with E-state index in [9.17, 15) is 14.0 Å². The van der Waals surface area contributed by atoms with E-state index in [2.05, 4.69) is 15.6 Å². The smallest absolute Gasteiger partial charge is 0.413 e. The summed E-state index contributed by atoms with van der Waals surface area (Å²) in [6.45, 7) is 5.28. The average molecular weight is 457 g/mol. The zero-order chi connectivity index (χ0) is 18.6. The van der Waals surface area contributed by atoms with E-state index in [0.29, 0.717) is 20.6 Å². The molecule has 8 heteroatoms. The molecule has 1 heterocycles. The predicted molar refractivity (Wildman–Crippen MR) is 101 cm³/mol. The summed E-state index contributed by atoms with van der Waals surface area (Å²) in [5.74, 6) is -0.483. The van der Waals surface area contributed by atoms with Gasteiger partial charge in [0.2, 0.25) is 0 Å². The van der Waals surface area contributed by atoms with E-state index in [-0.39, 0.29) is 5.91 Å². The molecule has 132 valence electrons. The Bertz CT molecular complexity index is 789. The summed E-state index contributed by atoms with van der Waals surface area (Å²) in [6, 6.07) is 7.05. The minimum atomic E-state index is -0.613. The lowest BCUT2D eigenvalue weighted by molar-refractivity contribution is 0.0635. The molecule has 0 atom stereocenters. The monoisotopic (exact) mass is 457 g/mol. The lowest BCUT2D eigenvalue weighted by Gasteiger charge is -2.19. The maximum Gasteiger partial charge on any atom is 0.413 e. The molecule has 0 aliphatic heterocycles. The third-order valence-electron chi connectivity index (χ3n) is 2.83. The van der Waals surface area contributed by atoms with Crippen molar-refractivity contribution in [3.8, 4) is 0 Å². The fraction of sp³-hybridized carbons (Fsp3) is 0.235. The SMILES string of the molecule is CC(C)(C)OC(=O)Nc1ccc(NC(=O)c2ccc(F)cc2I)cn1. The number of pyridine rings is 1. The van der Waals surface area contributed by atoms with Crippen LogP contribution in [0, 0.1) is 9.39 Å². The maximum absolute atomic E-state index is 13.1. The van der Waals surface area contributed by atoms with Crippen molar-refractivity contribution in [3.05, 3.63) is 51.5 Å². The Kier molecular flexibility index (Phi) is 5.93. The number of nitrogens with zero attached hydrogens (tertiary/aromatic N) is 1. The van der Waals surface area contributed by atoms with Crippen molar-refractivity contribution < 1.29 is 18.7 Å². The number of aromatic nitrogens is 1. The molecule has 0 aliphatic carbocycles. The molecule has 0 spiro atoms. The summed E-state index contributed by atoms with van der Waals surface area (Å²) >= 11 is 1.90. The highest BCUT2D eigenvalue weighted by atomic mass is 127. The second-order valence-electron chi connectivity index (χ2n) is 6.14. The van der Waals surface area contributed by atoms with Gasteiger partial charge < -0.3 is 10.1 Å². The Hall–Kier alpha value is -2.23. The highest BCUT2D eigenvalue weighted by molar-refractivity contribution is 14.1. The Morgan fingerprint density at radius 1 is 1.16 bits per heavy atom. The Morgan fingerprint density at radius 2 is 1.88 bits per heavy atom. The fourth-order valence-electron chi connectivity index (χ4n) is 1.82. The van der Waals surface area contributed by atoms with Gasteiger partial charge in [-0.05, 0) is 73.7 Å². The van der Waals surface area contributed by atoms with Crippen molar-refractivity contribution in [2.45, 2.75) is 26.4 Å². The fourth-order valence-corrected chi connectivity index (χ4v) is 2.54. The van der Waals surface area contributed by atoms with Crippen LogP contribution in [0.1, 0.15) is 31.1 Å². The standard InChI is InChI=1S/C17H17FIN3O3/c1-17(2,3)25-16(24)22-14-7-5-11(9-20-14)21-15(23)12-6-4-10(18)8-13(12)19/h4-9H,1-3H3,(H,21,23)(H,20,22,24). The predicted octanol–water partition coefficient (Wildman–Crippen LogP) is 4.42. The van der Waals surface area contributed by atoms with Crippen LogP contribution in [0.2, 0.25) is 0 Å². The van der Waals surface area contributed by atoms with Gasteiger partial charge in [0.1, 0.15) is 17.2 Å². The first-order chi connectivity index (χ1) is 11.6. The zero-order valence-electron chi connectivity index (χ0n) is 13.9. The third kappa shape index (κ3) is 5.96. The van der Waals surface area contributed by atoms with Crippen LogP contribution in [0.5, 0.6) is 0 Å². The molecule has 2 N–H and O–H groups in total. The molecule has 0 saturated carbocycles. The van der Waals surface area contributed by atoms with Crippen LogP contribution < -0.4 is 10.6 Å². The average Bonchev–Trinajstić information content (AvgIpc) is 2.47. The van der Waals surface area contributed by atoms with Gasteiger partial charge in [0.05, 0.1) is 17.4 Å². The van der Waals surface area contributed by atoms with Gasteiger partial charge in [-0.3, -0.25) is 10.1 Å². The summed E-state index contributed by atoms with van der Waals surface area (Å²) in [5, 5.41) is 5.16. The summed E-state index contributed by atoms with van der Waals surface area (Å²) in [4.78, 5) is 27.9. The number of amides is 2. The van der Waals surface area contributed by atoms with E-state index in [4.69, 9.17) is 4.74 Å². The summed E-state index contributed by atoms with van der Waals surface area (Å²) < 4.78 is 18.7. The molecule has 0 unspecified atom stereocenters. The van der Waals surface area contributed by atoms with E-state index < -0.39 is 17.5 Å². The Balaban J connectivity index is 2.00. The second-order valence-corrected chi connectivity index (χ2v) is 7.30. The van der Waals surface area contributed by atoms with E-state index >= 15 is 0 Å². The van der Waals surface area contributed by atoms with E-state index in [1.54, 1.807) is 26.8 Å². The van der Waals surface area contributed by atoms with Gasteiger partial charge in [0, 0.05) is 3.57 Å². The molecule has 1 aromatic heterocycles. The van der Waals surface area contributed by atoms with Gasteiger partial charge in [-0.15, -0.1) is 0 Å². The largest absolute Gasteiger partial charge is 0.444 e. The number of carbonyl (C=O) groups excluding carboxylic acids is 2. The second kappa shape index (κ2) is 7.77. The van der Waals surface area contributed by atoms with Crippen LogP contribution in [0.25, 0.3) is 0 Å². The lowest BCUT2D eigenvalue weighted by atomic mass is 10.2. The van der Waals surface area contributed by atoms with Gasteiger partial charge >= 0.3 is 6.09 Å².